The Kier molecular flexibility index (Phi) is 3.97. The average Bonchev–Trinajstić information content (AvgIpc) is 2.37. The van der Waals surface area contributed by atoms with Crippen molar-refractivity contribution in [3.63, 3.8) is 0 Å². The van der Waals surface area contributed by atoms with Gasteiger partial charge in [-0.1, -0.05) is 23.2 Å². The predicted molar refractivity (Wildman–Crippen MR) is 74.9 cm³/mol. The van der Waals surface area contributed by atoms with Crippen molar-refractivity contribution < 1.29 is 9.13 Å². The lowest BCUT2D eigenvalue weighted by molar-refractivity contribution is 0.413. The highest BCUT2D eigenvalue weighted by Crippen LogP contribution is 2.33. The minimum atomic E-state index is -0.405. The number of pyridine rings is 1. The van der Waals surface area contributed by atoms with Crippen LogP contribution in [0.15, 0.2) is 24.3 Å². The van der Waals surface area contributed by atoms with Gasteiger partial charge < -0.3 is 15.8 Å². The molecular weight excluding hydrogens is 292 g/mol. The van der Waals surface area contributed by atoms with Gasteiger partial charge >= 0.3 is 0 Å². The smallest absolute Gasteiger partial charge is 0.151 e. The van der Waals surface area contributed by atoms with Gasteiger partial charge in [-0.2, -0.15) is 0 Å². The summed E-state index contributed by atoms with van der Waals surface area (Å²) in [6.45, 7) is 0. The number of nitrogens with two attached hydrogens (primary N) is 1. The standard InChI is InChI=1S/C12H10Cl2FN3O/c1-19-10-4-6(15)2-3-9(10)17-12-8(14)5-7(13)11(16)18-12/h2-5H,1H3,(H3,16,17,18). The molecule has 3 N–H and O–H groups in total. The number of aromatic nitrogens is 1. The van der Waals surface area contributed by atoms with Crippen LogP contribution in [0.4, 0.5) is 21.7 Å². The maximum Gasteiger partial charge on any atom is 0.151 e. The molecule has 7 heteroatoms. The highest BCUT2D eigenvalue weighted by molar-refractivity contribution is 6.37. The van der Waals surface area contributed by atoms with E-state index in [0.29, 0.717) is 22.3 Å². The molecule has 0 radical (unpaired) electrons. The van der Waals surface area contributed by atoms with Gasteiger partial charge in [0.25, 0.3) is 0 Å². The van der Waals surface area contributed by atoms with E-state index >= 15 is 0 Å². The van der Waals surface area contributed by atoms with Crippen molar-refractivity contribution in [3.8, 4) is 5.75 Å². The molecule has 0 spiro atoms. The number of nitrogens with one attached hydrogen (secondary N) is 1. The Bertz CT molecular complexity index is 622. The molecule has 1 heterocycles. The number of rotatable bonds is 3. The number of halogens is 3. The van der Waals surface area contributed by atoms with Gasteiger partial charge in [0.1, 0.15) is 17.4 Å². The molecule has 0 atom stereocenters. The maximum atomic E-state index is 13.1. The van der Waals surface area contributed by atoms with Gasteiger partial charge in [-0.05, 0) is 18.2 Å². The lowest BCUT2D eigenvalue weighted by atomic mass is 10.2. The van der Waals surface area contributed by atoms with Crippen molar-refractivity contribution in [3.05, 3.63) is 40.1 Å². The number of hydrogen-bond donors (Lipinski definition) is 2. The molecule has 100 valence electrons. The highest BCUT2D eigenvalue weighted by Gasteiger charge is 2.10. The van der Waals surface area contributed by atoms with Crippen LogP contribution in [0.5, 0.6) is 5.75 Å². The van der Waals surface area contributed by atoms with Crippen LogP contribution in [0.2, 0.25) is 10.0 Å². The third-order valence-electron chi connectivity index (χ3n) is 2.37. The van der Waals surface area contributed by atoms with Gasteiger partial charge in [-0.3, -0.25) is 0 Å². The Hall–Kier alpha value is -1.72. The number of methoxy groups -OCH3 is 1. The second-order valence-corrected chi connectivity index (χ2v) is 4.47. The Morgan fingerprint density at radius 3 is 2.68 bits per heavy atom. The largest absolute Gasteiger partial charge is 0.494 e. The van der Waals surface area contributed by atoms with E-state index in [1.54, 1.807) is 0 Å². The van der Waals surface area contributed by atoms with Crippen molar-refractivity contribution >= 4 is 40.5 Å². The molecule has 0 aliphatic heterocycles. The summed E-state index contributed by atoms with van der Waals surface area (Å²) in [5.74, 6) is 0.381. The molecule has 0 saturated carbocycles. The first-order valence-corrected chi connectivity index (χ1v) is 5.99. The van der Waals surface area contributed by atoms with Crippen LogP contribution in [0.3, 0.4) is 0 Å². The zero-order valence-electron chi connectivity index (χ0n) is 9.88. The molecule has 19 heavy (non-hydrogen) atoms. The van der Waals surface area contributed by atoms with Crippen molar-refractivity contribution in [1.82, 2.24) is 4.98 Å². The first-order chi connectivity index (χ1) is 9.01. The molecule has 0 amide bonds. The summed E-state index contributed by atoms with van der Waals surface area (Å²) in [6.07, 6.45) is 0. The first-order valence-electron chi connectivity index (χ1n) is 5.23. The van der Waals surface area contributed by atoms with E-state index in [-0.39, 0.29) is 10.8 Å². The molecule has 0 bridgehead atoms. The normalized spacial score (nSPS) is 10.3. The second-order valence-electron chi connectivity index (χ2n) is 3.66. The summed E-state index contributed by atoms with van der Waals surface area (Å²) in [7, 11) is 1.44. The second kappa shape index (κ2) is 5.50. The third kappa shape index (κ3) is 3.00. The Morgan fingerprint density at radius 2 is 2.00 bits per heavy atom. The Labute approximate surface area is 119 Å². The molecule has 4 nitrogen and oxygen atoms in total. The third-order valence-corrected chi connectivity index (χ3v) is 2.96. The van der Waals surface area contributed by atoms with Crippen LogP contribution in [-0.4, -0.2) is 12.1 Å². The van der Waals surface area contributed by atoms with E-state index < -0.39 is 5.82 Å². The molecule has 0 fully saturated rings. The zero-order chi connectivity index (χ0) is 14.0. The maximum absolute atomic E-state index is 13.1. The van der Waals surface area contributed by atoms with Crippen LogP contribution in [0.1, 0.15) is 0 Å². The summed E-state index contributed by atoms with van der Waals surface area (Å²) in [5.41, 5.74) is 6.12. The molecule has 0 aliphatic rings. The summed E-state index contributed by atoms with van der Waals surface area (Å²) in [6, 6.07) is 5.52. The Morgan fingerprint density at radius 1 is 1.26 bits per heavy atom. The van der Waals surface area contributed by atoms with E-state index in [4.69, 9.17) is 33.7 Å². The number of anilines is 3. The van der Waals surface area contributed by atoms with Gasteiger partial charge in [0.2, 0.25) is 0 Å². The van der Waals surface area contributed by atoms with Crippen LogP contribution in [0.25, 0.3) is 0 Å². The van der Waals surface area contributed by atoms with Crippen LogP contribution < -0.4 is 15.8 Å². The number of nitrogens with zero attached hydrogens (tertiary/aromatic N) is 1. The topological polar surface area (TPSA) is 60.2 Å². The van der Waals surface area contributed by atoms with Crippen molar-refractivity contribution in [2.75, 3.05) is 18.2 Å². The van der Waals surface area contributed by atoms with E-state index in [2.05, 4.69) is 10.3 Å². The summed E-state index contributed by atoms with van der Waals surface area (Å²) >= 11 is 11.8. The minimum Gasteiger partial charge on any atom is -0.494 e. The van der Waals surface area contributed by atoms with E-state index in [0.717, 1.165) is 0 Å². The fourth-order valence-electron chi connectivity index (χ4n) is 1.46. The molecule has 0 unspecified atom stereocenters. The summed E-state index contributed by atoms with van der Waals surface area (Å²) in [5, 5.41) is 3.48. The van der Waals surface area contributed by atoms with Gasteiger partial charge in [-0.25, -0.2) is 9.37 Å². The van der Waals surface area contributed by atoms with Gasteiger partial charge in [-0.15, -0.1) is 0 Å². The summed E-state index contributed by atoms with van der Waals surface area (Å²) in [4.78, 5) is 4.02. The van der Waals surface area contributed by atoms with E-state index in [9.17, 15) is 4.39 Å². The van der Waals surface area contributed by atoms with Crippen LogP contribution >= 0.6 is 23.2 Å². The van der Waals surface area contributed by atoms with E-state index in [1.165, 1.54) is 31.4 Å². The summed E-state index contributed by atoms with van der Waals surface area (Å²) < 4.78 is 18.1. The van der Waals surface area contributed by atoms with E-state index in [1.807, 2.05) is 0 Å². The van der Waals surface area contributed by atoms with Crippen molar-refractivity contribution in [2.24, 2.45) is 0 Å². The quantitative estimate of drug-likeness (QED) is 0.903. The van der Waals surface area contributed by atoms with Crippen LogP contribution in [-0.2, 0) is 0 Å². The van der Waals surface area contributed by atoms with Crippen molar-refractivity contribution in [2.45, 2.75) is 0 Å². The number of nitrogen functional groups attached to an aromatic ring is 1. The average molecular weight is 302 g/mol. The highest BCUT2D eigenvalue weighted by atomic mass is 35.5. The molecule has 1 aromatic heterocycles. The lowest BCUT2D eigenvalue weighted by Gasteiger charge is -2.12. The fraction of sp³-hybridized carbons (Fsp3) is 0.0833. The number of hydrogen-bond acceptors (Lipinski definition) is 4. The molecule has 2 rings (SSSR count). The zero-order valence-corrected chi connectivity index (χ0v) is 11.4. The van der Waals surface area contributed by atoms with Gasteiger partial charge in [0.05, 0.1) is 22.8 Å². The molecular formula is C12H10Cl2FN3O. The molecule has 1 aromatic carbocycles. The fourth-order valence-corrected chi connectivity index (χ4v) is 1.87. The Balaban J connectivity index is 2.39. The minimum absolute atomic E-state index is 0.148. The van der Waals surface area contributed by atoms with Gasteiger partial charge in [0.15, 0.2) is 5.82 Å². The number of ether oxygens (including phenoxy) is 1. The first kappa shape index (κ1) is 13.7. The predicted octanol–water partition coefficient (Wildman–Crippen LogP) is 3.86. The molecule has 0 saturated heterocycles. The molecule has 2 aromatic rings. The number of benzene rings is 1. The van der Waals surface area contributed by atoms with Crippen molar-refractivity contribution in [1.29, 1.82) is 0 Å². The SMILES string of the molecule is COc1cc(F)ccc1Nc1nc(N)c(Cl)cc1Cl. The van der Waals surface area contributed by atoms with Gasteiger partial charge in [0, 0.05) is 6.07 Å². The van der Waals surface area contributed by atoms with Crippen LogP contribution in [0, 0.1) is 5.82 Å². The monoisotopic (exact) mass is 301 g/mol. The lowest BCUT2D eigenvalue weighted by Crippen LogP contribution is -2.01. The molecule has 0 aliphatic carbocycles.